The Hall–Kier alpha value is -2.58. The van der Waals surface area contributed by atoms with Gasteiger partial charge in [-0.2, -0.15) is 5.26 Å². The molecule has 0 atom stereocenters. The van der Waals surface area contributed by atoms with E-state index in [9.17, 15) is 5.26 Å². The molecule has 1 aliphatic heterocycles. The van der Waals surface area contributed by atoms with E-state index < -0.39 is 0 Å². The fourth-order valence-corrected chi connectivity index (χ4v) is 3.07. The summed E-state index contributed by atoms with van der Waals surface area (Å²) in [5.74, 6) is 1.70. The van der Waals surface area contributed by atoms with E-state index in [1.807, 2.05) is 24.3 Å². The Morgan fingerprint density at radius 1 is 1.12 bits per heavy atom. The fraction of sp³-hybridized carbons (Fsp3) is 0.368. The van der Waals surface area contributed by atoms with Crippen molar-refractivity contribution in [1.82, 2.24) is 9.88 Å². The van der Waals surface area contributed by atoms with Gasteiger partial charge in [-0.05, 0) is 36.2 Å². The summed E-state index contributed by atoms with van der Waals surface area (Å²) in [5, 5.41) is 9.27. The van der Waals surface area contributed by atoms with Crippen molar-refractivity contribution in [2.45, 2.75) is 13.0 Å². The van der Waals surface area contributed by atoms with Crippen molar-refractivity contribution in [2.24, 2.45) is 0 Å². The van der Waals surface area contributed by atoms with Gasteiger partial charge in [0.25, 0.3) is 0 Å². The summed E-state index contributed by atoms with van der Waals surface area (Å²) >= 11 is 0. The molecule has 2 heterocycles. The molecular formula is C19H22N4O. The number of hydrogen-bond acceptors (Lipinski definition) is 5. The molecule has 2 aromatic rings. The summed E-state index contributed by atoms with van der Waals surface area (Å²) in [4.78, 5) is 9.10. The van der Waals surface area contributed by atoms with Gasteiger partial charge in [0.1, 0.15) is 17.6 Å². The van der Waals surface area contributed by atoms with E-state index in [2.05, 4.69) is 33.0 Å². The van der Waals surface area contributed by atoms with Crippen molar-refractivity contribution in [1.29, 1.82) is 5.26 Å². The van der Waals surface area contributed by atoms with Crippen LogP contribution in [-0.2, 0) is 6.54 Å². The Morgan fingerprint density at radius 3 is 2.71 bits per heavy atom. The van der Waals surface area contributed by atoms with Gasteiger partial charge in [0.2, 0.25) is 0 Å². The van der Waals surface area contributed by atoms with Gasteiger partial charge in [-0.15, -0.1) is 0 Å². The van der Waals surface area contributed by atoms with Crippen molar-refractivity contribution >= 4 is 5.82 Å². The lowest BCUT2D eigenvalue weighted by Gasteiger charge is -2.23. The van der Waals surface area contributed by atoms with E-state index in [-0.39, 0.29) is 0 Å². The van der Waals surface area contributed by atoms with Crippen LogP contribution in [0.5, 0.6) is 5.75 Å². The number of pyridine rings is 1. The lowest BCUT2D eigenvalue weighted by molar-refractivity contribution is 0.285. The first kappa shape index (κ1) is 16.3. The summed E-state index contributed by atoms with van der Waals surface area (Å²) < 4.78 is 5.21. The Kier molecular flexibility index (Phi) is 5.29. The maximum atomic E-state index is 9.27. The minimum atomic E-state index is 0.654. The summed E-state index contributed by atoms with van der Waals surface area (Å²) in [6.45, 7) is 4.78. The number of nitrogens with zero attached hydrogens (tertiary/aromatic N) is 4. The van der Waals surface area contributed by atoms with Crippen LogP contribution >= 0.6 is 0 Å². The van der Waals surface area contributed by atoms with Crippen LogP contribution in [-0.4, -0.2) is 43.2 Å². The highest BCUT2D eigenvalue weighted by Gasteiger charge is 2.18. The van der Waals surface area contributed by atoms with Crippen molar-refractivity contribution in [2.75, 3.05) is 38.2 Å². The Bertz CT molecular complexity index is 708. The highest BCUT2D eigenvalue weighted by Crippen LogP contribution is 2.19. The summed E-state index contributed by atoms with van der Waals surface area (Å²) in [6.07, 6.45) is 2.83. The summed E-state index contributed by atoms with van der Waals surface area (Å²) in [7, 11) is 1.69. The van der Waals surface area contributed by atoms with Gasteiger partial charge in [0, 0.05) is 38.9 Å². The third-order valence-electron chi connectivity index (χ3n) is 4.36. The van der Waals surface area contributed by atoms with Gasteiger partial charge in [-0.25, -0.2) is 4.98 Å². The van der Waals surface area contributed by atoms with E-state index in [0.717, 1.165) is 50.7 Å². The molecule has 124 valence electrons. The third kappa shape index (κ3) is 3.84. The van der Waals surface area contributed by atoms with E-state index in [4.69, 9.17) is 4.74 Å². The van der Waals surface area contributed by atoms with Crippen LogP contribution in [0.1, 0.15) is 17.5 Å². The fourth-order valence-electron chi connectivity index (χ4n) is 3.07. The average molecular weight is 322 g/mol. The molecular weight excluding hydrogens is 300 g/mol. The van der Waals surface area contributed by atoms with Crippen LogP contribution in [0.25, 0.3) is 0 Å². The molecule has 0 bridgehead atoms. The van der Waals surface area contributed by atoms with Crippen molar-refractivity contribution < 1.29 is 4.74 Å². The first-order valence-electron chi connectivity index (χ1n) is 8.25. The summed E-state index contributed by atoms with van der Waals surface area (Å²) in [6, 6.07) is 14.1. The standard InChI is InChI=1S/C19H22N4O/c1-24-18-7-5-16(6-8-18)15-22-10-3-11-23(13-12-22)19-17(14-20)4-2-9-21-19/h2,4-9H,3,10-13,15H2,1H3. The number of methoxy groups -OCH3 is 1. The Morgan fingerprint density at radius 2 is 1.96 bits per heavy atom. The molecule has 1 saturated heterocycles. The number of hydrogen-bond donors (Lipinski definition) is 0. The monoisotopic (exact) mass is 322 g/mol. The van der Waals surface area contributed by atoms with Crippen molar-refractivity contribution in [3.05, 3.63) is 53.7 Å². The summed E-state index contributed by atoms with van der Waals surface area (Å²) in [5.41, 5.74) is 1.95. The smallest absolute Gasteiger partial charge is 0.146 e. The number of nitriles is 1. The molecule has 1 aliphatic rings. The molecule has 1 fully saturated rings. The zero-order valence-electron chi connectivity index (χ0n) is 14.0. The normalized spacial score (nSPS) is 15.6. The van der Waals surface area contributed by atoms with Crippen LogP contribution in [0.2, 0.25) is 0 Å². The molecule has 24 heavy (non-hydrogen) atoms. The van der Waals surface area contributed by atoms with Gasteiger partial charge in [0.05, 0.1) is 12.7 Å². The SMILES string of the molecule is COc1ccc(CN2CCCN(c3ncccc3C#N)CC2)cc1. The van der Waals surface area contributed by atoms with Gasteiger partial charge in [-0.3, -0.25) is 4.90 Å². The highest BCUT2D eigenvalue weighted by atomic mass is 16.5. The molecule has 0 saturated carbocycles. The van der Waals surface area contributed by atoms with E-state index in [1.165, 1.54) is 5.56 Å². The minimum absolute atomic E-state index is 0.654. The molecule has 0 radical (unpaired) electrons. The molecule has 0 unspecified atom stereocenters. The lowest BCUT2D eigenvalue weighted by atomic mass is 10.2. The number of benzene rings is 1. The van der Waals surface area contributed by atoms with Gasteiger partial charge < -0.3 is 9.64 Å². The number of rotatable bonds is 4. The molecule has 3 rings (SSSR count). The molecule has 1 aromatic heterocycles. The predicted octanol–water partition coefficient (Wildman–Crippen LogP) is 2.67. The molecule has 5 heteroatoms. The molecule has 0 aliphatic carbocycles. The van der Waals surface area contributed by atoms with Crippen LogP contribution < -0.4 is 9.64 Å². The molecule has 5 nitrogen and oxygen atoms in total. The minimum Gasteiger partial charge on any atom is -0.497 e. The lowest BCUT2D eigenvalue weighted by Crippen LogP contribution is -2.31. The predicted molar refractivity (Wildman–Crippen MR) is 94.1 cm³/mol. The Balaban J connectivity index is 1.63. The van der Waals surface area contributed by atoms with Gasteiger partial charge in [-0.1, -0.05) is 12.1 Å². The van der Waals surface area contributed by atoms with E-state index in [0.29, 0.717) is 5.56 Å². The average Bonchev–Trinajstić information content (AvgIpc) is 2.88. The van der Waals surface area contributed by atoms with Crippen LogP contribution in [0.15, 0.2) is 42.6 Å². The first-order valence-corrected chi connectivity index (χ1v) is 8.25. The second kappa shape index (κ2) is 7.80. The molecule has 0 amide bonds. The van der Waals surface area contributed by atoms with Crippen molar-refractivity contribution in [3.63, 3.8) is 0 Å². The maximum Gasteiger partial charge on any atom is 0.146 e. The quantitative estimate of drug-likeness (QED) is 0.866. The second-order valence-corrected chi connectivity index (χ2v) is 5.95. The number of anilines is 1. The zero-order chi connectivity index (χ0) is 16.8. The van der Waals surface area contributed by atoms with Crippen LogP contribution in [0.4, 0.5) is 5.82 Å². The van der Waals surface area contributed by atoms with Crippen LogP contribution in [0.3, 0.4) is 0 Å². The highest BCUT2D eigenvalue weighted by molar-refractivity contribution is 5.53. The second-order valence-electron chi connectivity index (χ2n) is 5.95. The maximum absolute atomic E-state index is 9.27. The van der Waals surface area contributed by atoms with Gasteiger partial charge >= 0.3 is 0 Å². The molecule has 0 spiro atoms. The molecule has 0 N–H and O–H groups in total. The molecule has 1 aromatic carbocycles. The topological polar surface area (TPSA) is 52.4 Å². The van der Waals surface area contributed by atoms with E-state index in [1.54, 1.807) is 13.3 Å². The number of aromatic nitrogens is 1. The zero-order valence-corrected chi connectivity index (χ0v) is 14.0. The Labute approximate surface area is 143 Å². The van der Waals surface area contributed by atoms with Crippen molar-refractivity contribution in [3.8, 4) is 11.8 Å². The number of ether oxygens (including phenoxy) is 1. The van der Waals surface area contributed by atoms with Gasteiger partial charge in [0.15, 0.2) is 0 Å². The van der Waals surface area contributed by atoms with E-state index >= 15 is 0 Å². The van der Waals surface area contributed by atoms with Crippen LogP contribution in [0, 0.1) is 11.3 Å². The largest absolute Gasteiger partial charge is 0.497 e. The first-order chi connectivity index (χ1) is 11.8. The third-order valence-corrected chi connectivity index (χ3v) is 4.36.